The first-order valence-corrected chi connectivity index (χ1v) is 11.0. The van der Waals surface area contributed by atoms with Gasteiger partial charge in [-0.15, -0.1) is 0 Å². The molecule has 0 heterocycles. The van der Waals surface area contributed by atoms with E-state index in [0.717, 1.165) is 17.8 Å². The molecular formula is C26H34. The van der Waals surface area contributed by atoms with Gasteiger partial charge in [0.05, 0.1) is 0 Å². The average molecular weight is 347 g/mol. The Morgan fingerprint density at radius 2 is 1.19 bits per heavy atom. The molecule has 2 saturated carbocycles. The van der Waals surface area contributed by atoms with E-state index in [4.69, 9.17) is 0 Å². The van der Waals surface area contributed by atoms with Crippen molar-refractivity contribution in [1.82, 2.24) is 0 Å². The van der Waals surface area contributed by atoms with Crippen LogP contribution in [-0.2, 0) is 6.42 Å². The van der Waals surface area contributed by atoms with E-state index < -0.39 is 0 Å². The summed E-state index contributed by atoms with van der Waals surface area (Å²) < 4.78 is 0. The monoisotopic (exact) mass is 346 g/mol. The zero-order valence-corrected chi connectivity index (χ0v) is 16.2. The second kappa shape index (κ2) is 8.89. The van der Waals surface area contributed by atoms with Gasteiger partial charge in [0.2, 0.25) is 0 Å². The lowest BCUT2D eigenvalue weighted by molar-refractivity contribution is 0.163. The fourth-order valence-electron chi connectivity index (χ4n) is 5.42. The van der Waals surface area contributed by atoms with Crippen LogP contribution in [0.5, 0.6) is 0 Å². The predicted octanol–water partition coefficient (Wildman–Crippen LogP) is 7.67. The molecule has 2 aliphatic carbocycles. The molecule has 0 amide bonds. The molecule has 2 aromatic rings. The summed E-state index contributed by atoms with van der Waals surface area (Å²) in [6, 6.07) is 20.0. The van der Waals surface area contributed by atoms with E-state index in [1.807, 2.05) is 0 Å². The lowest BCUT2D eigenvalue weighted by Gasteiger charge is -2.36. The highest BCUT2D eigenvalue weighted by Gasteiger charge is 2.28. The van der Waals surface area contributed by atoms with E-state index in [1.165, 1.54) is 87.3 Å². The van der Waals surface area contributed by atoms with Crippen LogP contribution in [0.25, 0.3) is 11.1 Å². The molecule has 138 valence electrons. The maximum Gasteiger partial charge on any atom is -0.0184 e. The van der Waals surface area contributed by atoms with E-state index >= 15 is 0 Å². The highest BCUT2D eigenvalue weighted by atomic mass is 14.3. The minimum Gasteiger partial charge on any atom is -0.0622 e. The van der Waals surface area contributed by atoms with Gasteiger partial charge in [-0.05, 0) is 60.1 Å². The molecular weight excluding hydrogens is 312 g/mol. The maximum absolute atomic E-state index is 2.34. The summed E-state index contributed by atoms with van der Waals surface area (Å²) in [5.41, 5.74) is 4.17. The van der Waals surface area contributed by atoms with Crippen LogP contribution in [0.1, 0.15) is 69.8 Å². The Hall–Kier alpha value is -1.56. The summed E-state index contributed by atoms with van der Waals surface area (Å²) in [6.07, 6.45) is 16.2. The highest BCUT2D eigenvalue weighted by Crippen LogP contribution is 2.40. The third-order valence-electron chi connectivity index (χ3n) is 7.11. The minimum atomic E-state index is 0.976. The number of rotatable bonds is 5. The van der Waals surface area contributed by atoms with Crippen LogP contribution in [0.15, 0.2) is 54.6 Å². The van der Waals surface area contributed by atoms with Gasteiger partial charge in [-0.1, -0.05) is 99.5 Å². The van der Waals surface area contributed by atoms with Crippen molar-refractivity contribution < 1.29 is 0 Å². The van der Waals surface area contributed by atoms with Crippen molar-refractivity contribution in [1.29, 1.82) is 0 Å². The van der Waals surface area contributed by atoms with Crippen molar-refractivity contribution in [3.8, 4) is 11.1 Å². The smallest absolute Gasteiger partial charge is 0.0184 e. The lowest BCUT2D eigenvalue weighted by atomic mass is 9.70. The average Bonchev–Trinajstić information content (AvgIpc) is 2.74. The topological polar surface area (TPSA) is 0 Å². The molecule has 4 rings (SSSR count). The second-order valence-electron chi connectivity index (χ2n) is 8.78. The van der Waals surface area contributed by atoms with Crippen LogP contribution in [-0.4, -0.2) is 0 Å². The quantitative estimate of drug-likeness (QED) is 0.521. The van der Waals surface area contributed by atoms with Gasteiger partial charge < -0.3 is 0 Å². The molecule has 2 aliphatic rings. The van der Waals surface area contributed by atoms with Crippen molar-refractivity contribution in [2.45, 2.75) is 70.6 Å². The number of hydrogen-bond acceptors (Lipinski definition) is 0. The van der Waals surface area contributed by atoms with Gasteiger partial charge in [-0.25, -0.2) is 0 Å². The largest absolute Gasteiger partial charge is 0.0622 e. The molecule has 2 fully saturated rings. The zero-order valence-electron chi connectivity index (χ0n) is 16.2. The van der Waals surface area contributed by atoms with E-state index in [9.17, 15) is 0 Å². The number of aryl methyl sites for hydroxylation is 1. The summed E-state index contributed by atoms with van der Waals surface area (Å²) in [5, 5.41) is 0. The van der Waals surface area contributed by atoms with Crippen LogP contribution < -0.4 is 0 Å². The van der Waals surface area contributed by atoms with Crippen molar-refractivity contribution >= 4 is 0 Å². The Bertz CT molecular complexity index is 640. The lowest BCUT2D eigenvalue weighted by Crippen LogP contribution is -2.23. The maximum atomic E-state index is 2.34. The molecule has 0 spiro atoms. The van der Waals surface area contributed by atoms with E-state index in [1.54, 1.807) is 0 Å². The molecule has 0 saturated heterocycles. The van der Waals surface area contributed by atoms with E-state index in [2.05, 4.69) is 54.6 Å². The first kappa shape index (κ1) is 17.8. The van der Waals surface area contributed by atoms with Crippen LogP contribution in [0.2, 0.25) is 0 Å². The molecule has 26 heavy (non-hydrogen) atoms. The van der Waals surface area contributed by atoms with Crippen molar-refractivity contribution in [2.24, 2.45) is 17.8 Å². The van der Waals surface area contributed by atoms with Gasteiger partial charge in [-0.2, -0.15) is 0 Å². The molecule has 2 aromatic carbocycles. The van der Waals surface area contributed by atoms with Crippen LogP contribution in [0.4, 0.5) is 0 Å². The Morgan fingerprint density at radius 3 is 1.88 bits per heavy atom. The standard InChI is InChI=1S/C26H34/c1-3-7-23(8-4-1)25-17-13-21(14-18-25)11-12-22-15-19-26(20-16-22)24-9-5-2-6-10-24/h1,3-4,7-8,13-14,17-18,22,24,26H,2,5-6,9-12,15-16,19-20H2. The highest BCUT2D eigenvalue weighted by molar-refractivity contribution is 5.63. The van der Waals surface area contributed by atoms with Crippen LogP contribution in [0.3, 0.4) is 0 Å². The third kappa shape index (κ3) is 4.58. The molecule has 0 atom stereocenters. The predicted molar refractivity (Wildman–Crippen MR) is 112 cm³/mol. The van der Waals surface area contributed by atoms with Crippen molar-refractivity contribution in [3.63, 3.8) is 0 Å². The SMILES string of the molecule is c1ccc(-c2ccc(CCC3CCC(C4CCCCC4)CC3)cc2)cc1. The van der Waals surface area contributed by atoms with Crippen LogP contribution in [0, 0.1) is 17.8 Å². The summed E-state index contributed by atoms with van der Waals surface area (Å²) >= 11 is 0. The normalized spacial score (nSPS) is 24.5. The minimum absolute atomic E-state index is 0.976. The Balaban J connectivity index is 1.23. The second-order valence-corrected chi connectivity index (χ2v) is 8.78. The van der Waals surface area contributed by atoms with Gasteiger partial charge in [-0.3, -0.25) is 0 Å². The molecule has 0 nitrogen and oxygen atoms in total. The summed E-state index contributed by atoms with van der Waals surface area (Å²) in [4.78, 5) is 0. The molecule has 0 aliphatic heterocycles. The number of benzene rings is 2. The molecule has 0 N–H and O–H groups in total. The Kier molecular flexibility index (Phi) is 6.10. The van der Waals surface area contributed by atoms with E-state index in [0.29, 0.717) is 0 Å². The Labute approximate surface area is 160 Å². The summed E-state index contributed by atoms with van der Waals surface area (Å²) in [6.45, 7) is 0. The molecule has 0 aromatic heterocycles. The van der Waals surface area contributed by atoms with Gasteiger partial charge in [0.15, 0.2) is 0 Å². The molecule has 0 heteroatoms. The molecule has 0 radical (unpaired) electrons. The fraction of sp³-hybridized carbons (Fsp3) is 0.538. The first-order chi connectivity index (χ1) is 12.9. The van der Waals surface area contributed by atoms with E-state index in [-0.39, 0.29) is 0 Å². The summed E-state index contributed by atoms with van der Waals surface area (Å²) in [5.74, 6) is 3.12. The number of hydrogen-bond donors (Lipinski definition) is 0. The van der Waals surface area contributed by atoms with Gasteiger partial charge >= 0.3 is 0 Å². The van der Waals surface area contributed by atoms with Crippen molar-refractivity contribution in [3.05, 3.63) is 60.2 Å². The van der Waals surface area contributed by atoms with Gasteiger partial charge in [0.1, 0.15) is 0 Å². The van der Waals surface area contributed by atoms with Crippen molar-refractivity contribution in [2.75, 3.05) is 0 Å². The van der Waals surface area contributed by atoms with Gasteiger partial charge in [0.25, 0.3) is 0 Å². The summed E-state index contributed by atoms with van der Waals surface area (Å²) in [7, 11) is 0. The van der Waals surface area contributed by atoms with Crippen LogP contribution >= 0.6 is 0 Å². The molecule has 0 unspecified atom stereocenters. The first-order valence-electron chi connectivity index (χ1n) is 11.0. The molecule has 0 bridgehead atoms. The van der Waals surface area contributed by atoms with Gasteiger partial charge in [0, 0.05) is 0 Å². The Morgan fingerprint density at radius 1 is 0.577 bits per heavy atom. The fourth-order valence-corrected chi connectivity index (χ4v) is 5.42. The zero-order chi connectivity index (χ0) is 17.6. The third-order valence-corrected chi connectivity index (χ3v) is 7.11.